The Morgan fingerprint density at radius 3 is 2.29 bits per heavy atom. The average molecular weight is 119 g/mol. The first-order valence-corrected chi connectivity index (χ1v) is 3.34. The predicted octanol–water partition coefficient (Wildman–Crippen LogP) is 0.0346. The van der Waals surface area contributed by atoms with Gasteiger partial charge in [-0.3, -0.25) is 0 Å². The van der Waals surface area contributed by atoms with E-state index in [0.717, 1.165) is 11.5 Å². The van der Waals surface area contributed by atoms with Crippen LogP contribution in [0.1, 0.15) is 0 Å². The molecular formula is C4H9NOS. The van der Waals surface area contributed by atoms with Crippen molar-refractivity contribution >= 4 is 11.8 Å². The van der Waals surface area contributed by atoms with Crippen LogP contribution in [0.4, 0.5) is 0 Å². The van der Waals surface area contributed by atoms with Gasteiger partial charge in [0.1, 0.15) is 5.72 Å². The van der Waals surface area contributed by atoms with Gasteiger partial charge in [0.2, 0.25) is 0 Å². The molecule has 0 radical (unpaired) electrons. The predicted molar refractivity (Wildman–Crippen MR) is 31.3 cm³/mol. The van der Waals surface area contributed by atoms with Crippen LogP contribution in [0.5, 0.6) is 0 Å². The van der Waals surface area contributed by atoms with Gasteiger partial charge in [-0.15, -0.1) is 0 Å². The minimum Gasteiger partial charge on any atom is -0.362 e. The van der Waals surface area contributed by atoms with E-state index in [1.54, 1.807) is 7.11 Å². The molecule has 0 aliphatic carbocycles. The van der Waals surface area contributed by atoms with Gasteiger partial charge in [-0.25, -0.2) is 0 Å². The summed E-state index contributed by atoms with van der Waals surface area (Å²) >= 11 is 1.82. The third kappa shape index (κ3) is 0.900. The standard InChI is InChI=1S/C4H9NOS/c1-6-4(5)2-7-3-4/h2-3,5H2,1H3. The van der Waals surface area contributed by atoms with E-state index < -0.39 is 0 Å². The fourth-order valence-electron chi connectivity index (χ4n) is 0.421. The van der Waals surface area contributed by atoms with E-state index in [9.17, 15) is 0 Å². The van der Waals surface area contributed by atoms with E-state index in [0.29, 0.717) is 0 Å². The first-order chi connectivity index (χ1) is 3.27. The topological polar surface area (TPSA) is 35.2 Å². The molecule has 0 aromatic carbocycles. The van der Waals surface area contributed by atoms with Gasteiger partial charge < -0.3 is 10.5 Å². The number of ether oxygens (including phenoxy) is 1. The van der Waals surface area contributed by atoms with Crippen molar-refractivity contribution in [1.82, 2.24) is 0 Å². The van der Waals surface area contributed by atoms with Crippen LogP contribution < -0.4 is 5.73 Å². The molecule has 1 rings (SSSR count). The van der Waals surface area contributed by atoms with Crippen molar-refractivity contribution in [2.24, 2.45) is 5.73 Å². The first kappa shape index (κ1) is 5.41. The van der Waals surface area contributed by atoms with Gasteiger partial charge in [0.05, 0.1) is 0 Å². The number of hydrogen-bond acceptors (Lipinski definition) is 3. The summed E-state index contributed by atoms with van der Waals surface area (Å²) in [5.74, 6) is 1.90. The molecule has 3 heteroatoms. The van der Waals surface area contributed by atoms with Gasteiger partial charge in [-0.2, -0.15) is 11.8 Å². The minimum absolute atomic E-state index is 0.273. The number of hydrogen-bond donors (Lipinski definition) is 1. The van der Waals surface area contributed by atoms with Crippen molar-refractivity contribution in [1.29, 1.82) is 0 Å². The fraction of sp³-hybridized carbons (Fsp3) is 1.00. The smallest absolute Gasteiger partial charge is 0.134 e. The molecule has 1 aliphatic rings. The van der Waals surface area contributed by atoms with E-state index in [1.807, 2.05) is 11.8 Å². The van der Waals surface area contributed by atoms with Crippen LogP contribution in [0.15, 0.2) is 0 Å². The quantitative estimate of drug-likeness (QED) is 0.495. The van der Waals surface area contributed by atoms with Crippen LogP contribution in [0, 0.1) is 0 Å². The summed E-state index contributed by atoms with van der Waals surface area (Å²) in [4.78, 5) is 0. The summed E-state index contributed by atoms with van der Waals surface area (Å²) in [6.45, 7) is 0. The Labute approximate surface area is 47.4 Å². The van der Waals surface area contributed by atoms with Crippen LogP contribution in [-0.4, -0.2) is 24.3 Å². The zero-order chi connectivity index (χ0) is 5.33. The summed E-state index contributed by atoms with van der Waals surface area (Å²) < 4.78 is 4.93. The van der Waals surface area contributed by atoms with Crippen molar-refractivity contribution in [2.45, 2.75) is 5.72 Å². The lowest BCUT2D eigenvalue weighted by atomic mass is 10.3. The molecule has 0 aromatic heterocycles. The van der Waals surface area contributed by atoms with E-state index >= 15 is 0 Å². The van der Waals surface area contributed by atoms with Crippen molar-refractivity contribution < 1.29 is 4.74 Å². The monoisotopic (exact) mass is 119 g/mol. The normalized spacial score (nSPS) is 26.6. The highest BCUT2D eigenvalue weighted by molar-refractivity contribution is 8.00. The van der Waals surface area contributed by atoms with E-state index in [-0.39, 0.29) is 5.72 Å². The lowest BCUT2D eigenvalue weighted by molar-refractivity contribution is 0.0274. The zero-order valence-corrected chi connectivity index (χ0v) is 5.12. The average Bonchev–Trinajstić information content (AvgIpc) is 1.61. The van der Waals surface area contributed by atoms with Gasteiger partial charge in [0, 0.05) is 18.6 Å². The van der Waals surface area contributed by atoms with Gasteiger partial charge in [-0.1, -0.05) is 0 Å². The molecule has 7 heavy (non-hydrogen) atoms. The zero-order valence-electron chi connectivity index (χ0n) is 4.31. The van der Waals surface area contributed by atoms with E-state index in [2.05, 4.69) is 0 Å². The Morgan fingerprint density at radius 1 is 1.71 bits per heavy atom. The molecule has 0 unspecified atom stereocenters. The molecule has 0 atom stereocenters. The highest BCUT2D eigenvalue weighted by Crippen LogP contribution is 2.26. The number of thioether (sulfide) groups is 1. The van der Waals surface area contributed by atoms with Crippen LogP contribution >= 0.6 is 11.8 Å². The summed E-state index contributed by atoms with van der Waals surface area (Å²) in [5.41, 5.74) is 5.29. The second-order valence-corrected chi connectivity index (χ2v) is 2.75. The molecule has 1 saturated heterocycles. The number of methoxy groups -OCH3 is 1. The maximum absolute atomic E-state index is 5.56. The second kappa shape index (κ2) is 1.65. The molecule has 1 fully saturated rings. The molecule has 1 heterocycles. The largest absolute Gasteiger partial charge is 0.362 e. The highest BCUT2D eigenvalue weighted by atomic mass is 32.2. The highest BCUT2D eigenvalue weighted by Gasteiger charge is 2.32. The van der Waals surface area contributed by atoms with Crippen molar-refractivity contribution in [2.75, 3.05) is 18.6 Å². The van der Waals surface area contributed by atoms with Crippen LogP contribution in [0.3, 0.4) is 0 Å². The van der Waals surface area contributed by atoms with Crippen LogP contribution in [0.25, 0.3) is 0 Å². The van der Waals surface area contributed by atoms with Gasteiger partial charge in [0.25, 0.3) is 0 Å². The molecule has 0 amide bonds. The lowest BCUT2D eigenvalue weighted by Crippen LogP contribution is -2.53. The van der Waals surface area contributed by atoms with Crippen LogP contribution in [-0.2, 0) is 4.74 Å². The van der Waals surface area contributed by atoms with Gasteiger partial charge in [0.15, 0.2) is 0 Å². The molecule has 2 N–H and O–H groups in total. The number of nitrogens with two attached hydrogens (primary N) is 1. The fourth-order valence-corrected chi connectivity index (χ4v) is 1.26. The maximum atomic E-state index is 5.56. The summed E-state index contributed by atoms with van der Waals surface area (Å²) in [6, 6.07) is 0. The lowest BCUT2D eigenvalue weighted by Gasteiger charge is -2.35. The molecule has 0 bridgehead atoms. The molecule has 2 nitrogen and oxygen atoms in total. The molecular weight excluding hydrogens is 110 g/mol. The molecule has 1 aliphatic heterocycles. The van der Waals surface area contributed by atoms with Crippen molar-refractivity contribution in [3.05, 3.63) is 0 Å². The minimum atomic E-state index is -0.273. The first-order valence-electron chi connectivity index (χ1n) is 2.19. The Morgan fingerprint density at radius 2 is 2.29 bits per heavy atom. The second-order valence-electron chi connectivity index (χ2n) is 1.76. The van der Waals surface area contributed by atoms with E-state index in [4.69, 9.17) is 10.5 Å². The van der Waals surface area contributed by atoms with Crippen molar-refractivity contribution in [3.8, 4) is 0 Å². The Bertz CT molecular complexity index is 66.6. The third-order valence-corrected chi connectivity index (χ3v) is 2.48. The number of rotatable bonds is 1. The SMILES string of the molecule is COC1(N)CSC1. The Hall–Kier alpha value is 0.270. The Kier molecular flexibility index (Phi) is 1.28. The van der Waals surface area contributed by atoms with Crippen molar-refractivity contribution in [3.63, 3.8) is 0 Å². The third-order valence-electron chi connectivity index (χ3n) is 1.10. The summed E-state index contributed by atoms with van der Waals surface area (Å²) in [6.07, 6.45) is 0. The summed E-state index contributed by atoms with van der Waals surface area (Å²) in [5, 5.41) is 0. The van der Waals surface area contributed by atoms with Gasteiger partial charge in [-0.05, 0) is 0 Å². The molecule has 0 aromatic rings. The van der Waals surface area contributed by atoms with Crippen LogP contribution in [0.2, 0.25) is 0 Å². The Balaban J connectivity index is 2.29. The van der Waals surface area contributed by atoms with E-state index in [1.165, 1.54) is 0 Å². The maximum Gasteiger partial charge on any atom is 0.134 e. The van der Waals surface area contributed by atoms with Gasteiger partial charge >= 0.3 is 0 Å². The summed E-state index contributed by atoms with van der Waals surface area (Å²) in [7, 11) is 1.65. The molecule has 42 valence electrons. The molecule has 0 saturated carbocycles. The molecule has 0 spiro atoms.